The largest absolute Gasteiger partial charge is 0.323 e. The molecule has 0 bridgehead atoms. The molecule has 1 saturated carbocycles. The van der Waals surface area contributed by atoms with E-state index in [-0.39, 0.29) is 11.9 Å². The second-order valence-electron chi connectivity index (χ2n) is 5.39. The van der Waals surface area contributed by atoms with Crippen molar-refractivity contribution in [1.82, 2.24) is 0 Å². The maximum atomic E-state index is 13.1. The zero-order valence-corrected chi connectivity index (χ0v) is 11.8. The lowest BCUT2D eigenvalue weighted by atomic mass is 9.91. The number of nitrogens with two attached hydrogens (primary N) is 1. The highest BCUT2D eigenvalue weighted by Gasteiger charge is 2.20. The summed E-state index contributed by atoms with van der Waals surface area (Å²) < 4.78 is 13.1. The number of benzene rings is 1. The fraction of sp³-hybridized carbons (Fsp3) is 0.600. The smallest absolute Gasteiger partial charge is 0.123 e. The fourth-order valence-corrected chi connectivity index (χ4v) is 4.07. The van der Waals surface area contributed by atoms with Gasteiger partial charge in [-0.15, -0.1) is 0 Å². The van der Waals surface area contributed by atoms with Crippen LogP contribution in [0.2, 0.25) is 0 Å². The van der Waals surface area contributed by atoms with Crippen molar-refractivity contribution in [3.05, 3.63) is 35.6 Å². The molecule has 3 unspecified atom stereocenters. The van der Waals surface area contributed by atoms with Crippen molar-refractivity contribution in [3.8, 4) is 0 Å². The first-order chi connectivity index (χ1) is 8.65. The quantitative estimate of drug-likeness (QED) is 0.887. The maximum absolute atomic E-state index is 13.1. The molecule has 3 atom stereocenters. The van der Waals surface area contributed by atoms with Crippen molar-refractivity contribution in [2.24, 2.45) is 11.7 Å². The minimum atomic E-state index is -0.195. The van der Waals surface area contributed by atoms with Crippen molar-refractivity contribution in [1.29, 1.82) is 0 Å². The number of thioether (sulfide) groups is 1. The molecule has 2 rings (SSSR count). The van der Waals surface area contributed by atoms with E-state index in [4.69, 9.17) is 5.73 Å². The van der Waals surface area contributed by atoms with Crippen LogP contribution in [-0.4, -0.2) is 11.0 Å². The molecular weight excluding hydrogens is 245 g/mol. The van der Waals surface area contributed by atoms with Crippen LogP contribution < -0.4 is 5.73 Å². The summed E-state index contributed by atoms with van der Waals surface area (Å²) in [5.74, 6) is 1.54. The van der Waals surface area contributed by atoms with Gasteiger partial charge in [0, 0.05) is 17.0 Å². The van der Waals surface area contributed by atoms with Crippen molar-refractivity contribution < 1.29 is 4.39 Å². The van der Waals surface area contributed by atoms with Crippen LogP contribution in [0.5, 0.6) is 0 Å². The Labute approximate surface area is 113 Å². The van der Waals surface area contributed by atoms with Gasteiger partial charge in [0.1, 0.15) is 5.82 Å². The average molecular weight is 267 g/mol. The number of halogens is 1. The average Bonchev–Trinajstić information content (AvgIpc) is 2.36. The predicted octanol–water partition coefficient (Wildman–Crippen LogP) is 4.14. The monoisotopic (exact) mass is 267 g/mol. The number of hydrogen-bond donors (Lipinski definition) is 1. The van der Waals surface area contributed by atoms with Gasteiger partial charge in [0.05, 0.1) is 0 Å². The number of hydrogen-bond acceptors (Lipinski definition) is 2. The molecule has 1 aromatic carbocycles. The zero-order chi connectivity index (χ0) is 13.0. The van der Waals surface area contributed by atoms with Crippen LogP contribution in [0.15, 0.2) is 24.3 Å². The first-order valence-electron chi connectivity index (χ1n) is 6.78. The SMILES string of the molecule is CC1CCCC(SCC(N)c2cccc(F)c2)C1. The summed E-state index contributed by atoms with van der Waals surface area (Å²) in [6, 6.07) is 6.61. The van der Waals surface area contributed by atoms with Gasteiger partial charge >= 0.3 is 0 Å². The van der Waals surface area contributed by atoms with E-state index < -0.39 is 0 Å². The lowest BCUT2D eigenvalue weighted by Gasteiger charge is -2.27. The van der Waals surface area contributed by atoms with Gasteiger partial charge in [-0.1, -0.05) is 31.9 Å². The normalized spacial score (nSPS) is 25.9. The van der Waals surface area contributed by atoms with Gasteiger partial charge in [0.25, 0.3) is 0 Å². The van der Waals surface area contributed by atoms with Crippen molar-refractivity contribution >= 4 is 11.8 Å². The highest BCUT2D eigenvalue weighted by Crippen LogP contribution is 2.33. The summed E-state index contributed by atoms with van der Waals surface area (Å²) in [6.07, 6.45) is 5.33. The molecular formula is C15H22FNS. The van der Waals surface area contributed by atoms with Gasteiger partial charge in [0.15, 0.2) is 0 Å². The van der Waals surface area contributed by atoms with Gasteiger partial charge in [-0.3, -0.25) is 0 Å². The van der Waals surface area contributed by atoms with Crippen LogP contribution in [0.25, 0.3) is 0 Å². The van der Waals surface area contributed by atoms with Crippen LogP contribution in [-0.2, 0) is 0 Å². The van der Waals surface area contributed by atoms with Crippen LogP contribution >= 0.6 is 11.8 Å². The summed E-state index contributed by atoms with van der Waals surface area (Å²) in [6.45, 7) is 2.33. The summed E-state index contributed by atoms with van der Waals surface area (Å²) in [4.78, 5) is 0. The van der Waals surface area contributed by atoms with Crippen LogP contribution in [0.1, 0.15) is 44.2 Å². The minimum absolute atomic E-state index is 0.0528. The van der Waals surface area contributed by atoms with Crippen molar-refractivity contribution in [2.45, 2.75) is 43.9 Å². The Morgan fingerprint density at radius 3 is 3.00 bits per heavy atom. The van der Waals surface area contributed by atoms with E-state index in [1.54, 1.807) is 12.1 Å². The molecule has 18 heavy (non-hydrogen) atoms. The Morgan fingerprint density at radius 1 is 1.44 bits per heavy atom. The van der Waals surface area contributed by atoms with Gasteiger partial charge in [-0.2, -0.15) is 11.8 Å². The van der Waals surface area contributed by atoms with Gasteiger partial charge in [-0.25, -0.2) is 4.39 Å². The molecule has 1 aliphatic carbocycles. The molecule has 0 saturated heterocycles. The second kappa shape index (κ2) is 6.58. The third-order valence-corrected chi connectivity index (χ3v) is 5.13. The Bertz CT molecular complexity index is 383. The van der Waals surface area contributed by atoms with Gasteiger partial charge in [0.2, 0.25) is 0 Å². The van der Waals surface area contributed by atoms with E-state index in [1.807, 2.05) is 17.8 Å². The molecule has 1 nitrogen and oxygen atoms in total. The topological polar surface area (TPSA) is 26.0 Å². The highest BCUT2D eigenvalue weighted by atomic mass is 32.2. The summed E-state index contributed by atoms with van der Waals surface area (Å²) in [5.41, 5.74) is 7.04. The van der Waals surface area contributed by atoms with Crippen LogP contribution in [0, 0.1) is 11.7 Å². The Hall–Kier alpha value is -0.540. The van der Waals surface area contributed by atoms with Crippen molar-refractivity contribution in [3.63, 3.8) is 0 Å². The van der Waals surface area contributed by atoms with E-state index >= 15 is 0 Å². The van der Waals surface area contributed by atoms with E-state index in [2.05, 4.69) is 6.92 Å². The molecule has 0 heterocycles. The molecule has 2 N–H and O–H groups in total. The van der Waals surface area contributed by atoms with E-state index in [0.717, 1.165) is 22.5 Å². The van der Waals surface area contributed by atoms with E-state index in [1.165, 1.54) is 31.7 Å². The second-order valence-corrected chi connectivity index (χ2v) is 6.72. The Morgan fingerprint density at radius 2 is 2.28 bits per heavy atom. The summed E-state index contributed by atoms with van der Waals surface area (Å²) in [5, 5.41) is 0.744. The molecule has 0 aliphatic heterocycles. The summed E-state index contributed by atoms with van der Waals surface area (Å²) in [7, 11) is 0. The predicted molar refractivity (Wildman–Crippen MR) is 77.2 cm³/mol. The molecule has 0 amide bonds. The third-order valence-electron chi connectivity index (χ3n) is 3.68. The molecule has 100 valence electrons. The Balaban J connectivity index is 1.82. The maximum Gasteiger partial charge on any atom is 0.123 e. The first-order valence-corrected chi connectivity index (χ1v) is 7.82. The molecule has 0 radical (unpaired) electrons. The van der Waals surface area contributed by atoms with Gasteiger partial charge < -0.3 is 5.73 Å². The third kappa shape index (κ3) is 3.99. The molecule has 3 heteroatoms. The molecule has 1 fully saturated rings. The standard InChI is InChI=1S/C15H22FNS/c1-11-4-2-7-14(8-11)18-10-15(17)12-5-3-6-13(16)9-12/h3,5-6,9,11,14-15H,2,4,7-8,10,17H2,1H3. The van der Waals surface area contributed by atoms with E-state index in [9.17, 15) is 4.39 Å². The van der Waals surface area contributed by atoms with E-state index in [0.29, 0.717) is 0 Å². The highest BCUT2D eigenvalue weighted by molar-refractivity contribution is 7.99. The Kier molecular flexibility index (Phi) is 5.07. The lowest BCUT2D eigenvalue weighted by Crippen LogP contribution is -2.19. The molecule has 1 aliphatic rings. The van der Waals surface area contributed by atoms with Crippen molar-refractivity contribution in [2.75, 3.05) is 5.75 Å². The molecule has 0 aromatic heterocycles. The minimum Gasteiger partial charge on any atom is -0.323 e. The molecule has 1 aromatic rings. The number of rotatable bonds is 4. The van der Waals surface area contributed by atoms with Crippen LogP contribution in [0.3, 0.4) is 0 Å². The fourth-order valence-electron chi connectivity index (χ4n) is 2.60. The van der Waals surface area contributed by atoms with Gasteiger partial charge in [-0.05, 0) is 36.5 Å². The van der Waals surface area contributed by atoms with Crippen LogP contribution in [0.4, 0.5) is 4.39 Å². The lowest BCUT2D eigenvalue weighted by molar-refractivity contribution is 0.394. The molecule has 0 spiro atoms. The zero-order valence-electron chi connectivity index (χ0n) is 10.9. The summed E-state index contributed by atoms with van der Waals surface area (Å²) >= 11 is 1.96. The first kappa shape index (κ1) is 13.9.